The summed E-state index contributed by atoms with van der Waals surface area (Å²) < 4.78 is 5.03. The van der Waals surface area contributed by atoms with Gasteiger partial charge >= 0.3 is 11.9 Å². The minimum absolute atomic E-state index is 0.245. The molecule has 5 heteroatoms. The first-order chi connectivity index (χ1) is 10.1. The summed E-state index contributed by atoms with van der Waals surface area (Å²) in [5.74, 6) is -1.23. The number of rotatable bonds is 8. The molecule has 0 heterocycles. The molecule has 1 rings (SSSR count). The number of carboxylic acid groups (broad SMARTS) is 1. The van der Waals surface area contributed by atoms with E-state index in [0.717, 1.165) is 5.56 Å². The molecule has 0 saturated heterocycles. The van der Waals surface area contributed by atoms with E-state index in [-0.39, 0.29) is 11.5 Å². The molecular formula is C16H21NO4. The van der Waals surface area contributed by atoms with Gasteiger partial charge in [0.05, 0.1) is 12.2 Å². The van der Waals surface area contributed by atoms with Crippen LogP contribution in [-0.4, -0.2) is 29.7 Å². The van der Waals surface area contributed by atoms with Crippen molar-refractivity contribution in [3.8, 4) is 0 Å². The molecule has 21 heavy (non-hydrogen) atoms. The highest BCUT2D eigenvalue weighted by Crippen LogP contribution is 2.06. The van der Waals surface area contributed by atoms with Crippen LogP contribution in [0.1, 0.15) is 36.2 Å². The molecule has 1 aromatic rings. The molecule has 0 spiro atoms. The van der Waals surface area contributed by atoms with Crippen molar-refractivity contribution in [1.29, 1.82) is 0 Å². The molecule has 114 valence electrons. The number of carboxylic acids is 1. The fourth-order valence-corrected chi connectivity index (χ4v) is 1.78. The third-order valence-electron chi connectivity index (χ3n) is 2.93. The number of hydrogen-bond donors (Lipinski definition) is 2. The molecule has 0 saturated carbocycles. The zero-order valence-electron chi connectivity index (χ0n) is 12.3. The van der Waals surface area contributed by atoms with Gasteiger partial charge in [-0.2, -0.15) is 0 Å². The van der Waals surface area contributed by atoms with E-state index in [9.17, 15) is 9.59 Å². The van der Waals surface area contributed by atoms with E-state index < -0.39 is 12.0 Å². The van der Waals surface area contributed by atoms with E-state index in [2.05, 4.69) is 5.32 Å². The largest absolute Gasteiger partial charge is 0.478 e. The fraction of sp³-hybridized carbons (Fsp3) is 0.375. The van der Waals surface area contributed by atoms with Gasteiger partial charge in [0.1, 0.15) is 6.04 Å². The molecule has 1 atom stereocenters. The number of aromatic carboxylic acids is 1. The van der Waals surface area contributed by atoms with Crippen molar-refractivity contribution in [1.82, 2.24) is 5.32 Å². The Morgan fingerprint density at radius 1 is 1.33 bits per heavy atom. The van der Waals surface area contributed by atoms with Gasteiger partial charge in [-0.25, -0.2) is 4.79 Å². The lowest BCUT2D eigenvalue weighted by Crippen LogP contribution is -2.37. The third kappa shape index (κ3) is 5.79. The topological polar surface area (TPSA) is 75.6 Å². The minimum Gasteiger partial charge on any atom is -0.478 e. The Kier molecular flexibility index (Phi) is 7.18. The Morgan fingerprint density at radius 2 is 2.00 bits per heavy atom. The summed E-state index contributed by atoms with van der Waals surface area (Å²) in [6.07, 6.45) is 4.35. The van der Waals surface area contributed by atoms with Gasteiger partial charge in [0, 0.05) is 6.54 Å². The maximum absolute atomic E-state index is 11.8. The van der Waals surface area contributed by atoms with Crippen LogP contribution in [0, 0.1) is 0 Å². The number of allylic oxidation sites excluding steroid dienone is 1. The van der Waals surface area contributed by atoms with Crippen molar-refractivity contribution >= 4 is 11.9 Å². The first kappa shape index (κ1) is 16.9. The van der Waals surface area contributed by atoms with Crippen LogP contribution in [0.15, 0.2) is 36.4 Å². The zero-order valence-corrected chi connectivity index (χ0v) is 12.3. The lowest BCUT2D eigenvalue weighted by molar-refractivity contribution is -0.145. The number of esters is 1. The summed E-state index contributed by atoms with van der Waals surface area (Å²) >= 11 is 0. The van der Waals surface area contributed by atoms with Crippen molar-refractivity contribution in [2.45, 2.75) is 32.9 Å². The van der Waals surface area contributed by atoms with E-state index in [4.69, 9.17) is 9.84 Å². The van der Waals surface area contributed by atoms with Crippen LogP contribution in [0.5, 0.6) is 0 Å². The van der Waals surface area contributed by atoms with Crippen molar-refractivity contribution in [3.63, 3.8) is 0 Å². The maximum atomic E-state index is 11.8. The monoisotopic (exact) mass is 291 g/mol. The number of carbonyl (C=O) groups is 2. The highest BCUT2D eigenvalue weighted by Gasteiger charge is 2.17. The molecule has 0 aliphatic carbocycles. The van der Waals surface area contributed by atoms with Crippen LogP contribution in [0.4, 0.5) is 0 Å². The Bertz CT molecular complexity index is 494. The molecule has 0 radical (unpaired) electrons. The molecule has 1 unspecified atom stereocenters. The second-order valence-corrected chi connectivity index (χ2v) is 4.49. The number of hydrogen-bond acceptors (Lipinski definition) is 4. The van der Waals surface area contributed by atoms with Gasteiger partial charge in [0.15, 0.2) is 0 Å². The summed E-state index contributed by atoms with van der Waals surface area (Å²) in [6, 6.07) is 6.15. The van der Waals surface area contributed by atoms with Crippen LogP contribution in [0.3, 0.4) is 0 Å². The van der Waals surface area contributed by atoms with Gasteiger partial charge in [-0.3, -0.25) is 4.79 Å². The molecule has 0 aliphatic rings. The average molecular weight is 291 g/mol. The molecule has 0 fully saturated rings. The van der Waals surface area contributed by atoms with Gasteiger partial charge in [-0.05, 0) is 38.0 Å². The van der Waals surface area contributed by atoms with E-state index in [1.165, 1.54) is 0 Å². The van der Waals surface area contributed by atoms with Crippen molar-refractivity contribution in [2.24, 2.45) is 0 Å². The van der Waals surface area contributed by atoms with Gasteiger partial charge in [0.2, 0.25) is 0 Å². The van der Waals surface area contributed by atoms with E-state index >= 15 is 0 Å². The summed E-state index contributed by atoms with van der Waals surface area (Å²) in [7, 11) is 0. The van der Waals surface area contributed by atoms with E-state index in [0.29, 0.717) is 19.6 Å². The number of nitrogens with one attached hydrogen (secondary N) is 1. The molecule has 0 amide bonds. The smallest absolute Gasteiger partial charge is 0.335 e. The van der Waals surface area contributed by atoms with Crippen LogP contribution >= 0.6 is 0 Å². The second kappa shape index (κ2) is 8.92. The molecule has 0 bridgehead atoms. The average Bonchev–Trinajstić information content (AvgIpc) is 2.48. The molecular weight excluding hydrogens is 270 g/mol. The Hall–Kier alpha value is -2.14. The SMILES string of the molecule is C/C=C/CC(NCc1ccc(C(=O)O)cc1)C(=O)OCC. The summed E-state index contributed by atoms with van der Waals surface area (Å²) in [5.41, 5.74) is 1.16. The molecule has 5 nitrogen and oxygen atoms in total. The number of ether oxygens (including phenoxy) is 1. The third-order valence-corrected chi connectivity index (χ3v) is 2.93. The zero-order chi connectivity index (χ0) is 15.7. The van der Waals surface area contributed by atoms with Crippen LogP contribution in [0.25, 0.3) is 0 Å². The lowest BCUT2D eigenvalue weighted by atomic mass is 10.1. The molecule has 0 aliphatic heterocycles. The van der Waals surface area contributed by atoms with E-state index in [1.54, 1.807) is 31.2 Å². The van der Waals surface area contributed by atoms with Gasteiger partial charge in [-0.1, -0.05) is 24.3 Å². The first-order valence-electron chi connectivity index (χ1n) is 6.91. The Balaban J connectivity index is 2.62. The Labute approximate surface area is 124 Å². The molecule has 0 aromatic heterocycles. The van der Waals surface area contributed by atoms with Gasteiger partial charge < -0.3 is 15.2 Å². The maximum Gasteiger partial charge on any atom is 0.335 e. The predicted octanol–water partition coefficient (Wildman–Crippen LogP) is 2.37. The Morgan fingerprint density at radius 3 is 2.52 bits per heavy atom. The highest BCUT2D eigenvalue weighted by atomic mass is 16.5. The van der Waals surface area contributed by atoms with Crippen LogP contribution in [0.2, 0.25) is 0 Å². The quantitative estimate of drug-likeness (QED) is 0.568. The fourth-order valence-electron chi connectivity index (χ4n) is 1.78. The number of carbonyl (C=O) groups excluding carboxylic acids is 1. The molecule has 2 N–H and O–H groups in total. The molecule has 1 aromatic carbocycles. The van der Waals surface area contributed by atoms with Gasteiger partial charge in [-0.15, -0.1) is 0 Å². The van der Waals surface area contributed by atoms with Crippen molar-refractivity contribution in [3.05, 3.63) is 47.5 Å². The van der Waals surface area contributed by atoms with E-state index in [1.807, 2.05) is 19.1 Å². The highest BCUT2D eigenvalue weighted by molar-refractivity contribution is 5.87. The van der Waals surface area contributed by atoms with Crippen LogP contribution in [-0.2, 0) is 16.1 Å². The summed E-state index contributed by atoms with van der Waals surface area (Å²) in [4.78, 5) is 22.6. The number of benzene rings is 1. The van der Waals surface area contributed by atoms with Gasteiger partial charge in [0.25, 0.3) is 0 Å². The second-order valence-electron chi connectivity index (χ2n) is 4.49. The normalized spacial score (nSPS) is 12.3. The minimum atomic E-state index is -0.952. The standard InChI is InChI=1S/C16H21NO4/c1-3-5-6-14(16(20)21-4-2)17-11-12-7-9-13(10-8-12)15(18)19/h3,5,7-10,14,17H,4,6,11H2,1-2H3,(H,18,19)/b5-3+. The summed E-state index contributed by atoms with van der Waals surface area (Å²) in [5, 5.41) is 12.0. The first-order valence-corrected chi connectivity index (χ1v) is 6.91. The van der Waals surface area contributed by atoms with Crippen LogP contribution < -0.4 is 5.32 Å². The van der Waals surface area contributed by atoms with Crippen molar-refractivity contribution < 1.29 is 19.4 Å². The lowest BCUT2D eigenvalue weighted by Gasteiger charge is -2.15. The predicted molar refractivity (Wildman–Crippen MR) is 80.1 cm³/mol. The summed E-state index contributed by atoms with van der Waals surface area (Å²) in [6.45, 7) is 4.49. The van der Waals surface area contributed by atoms with Crippen molar-refractivity contribution in [2.75, 3.05) is 6.61 Å².